The molecule has 0 saturated carbocycles. The van der Waals surface area contributed by atoms with Gasteiger partial charge >= 0.3 is 12.1 Å². The van der Waals surface area contributed by atoms with Crippen molar-refractivity contribution in [3.05, 3.63) is 48.6 Å². The van der Waals surface area contributed by atoms with Crippen molar-refractivity contribution in [3.63, 3.8) is 0 Å². The third kappa shape index (κ3) is 5.68. The lowest BCUT2D eigenvalue weighted by atomic mass is 10.0. The van der Waals surface area contributed by atoms with Crippen LogP contribution in [0.15, 0.2) is 43.0 Å². The Morgan fingerprint density at radius 1 is 1.24 bits per heavy atom. The summed E-state index contributed by atoms with van der Waals surface area (Å²) in [5.74, 6) is -2.56. The van der Waals surface area contributed by atoms with Gasteiger partial charge in [0, 0.05) is 6.54 Å². The fraction of sp³-hybridized carbons (Fsp3) is 0.286. The highest BCUT2D eigenvalue weighted by Crippen LogP contribution is 2.21. The number of halogens is 3. The van der Waals surface area contributed by atoms with E-state index in [0.717, 1.165) is 0 Å². The van der Waals surface area contributed by atoms with Crippen LogP contribution in [0.4, 0.5) is 13.2 Å². The molecule has 0 fully saturated rings. The molecule has 2 N–H and O–H groups in total. The molecule has 0 unspecified atom stereocenters. The van der Waals surface area contributed by atoms with Gasteiger partial charge in [0.1, 0.15) is 0 Å². The van der Waals surface area contributed by atoms with Crippen molar-refractivity contribution < 1.29 is 22.8 Å². The largest absolute Gasteiger partial charge is 0.471 e. The monoisotopic (exact) mass is 300 g/mol. The molecule has 0 saturated heterocycles. The normalized spacial score (nSPS) is 12.3. The van der Waals surface area contributed by atoms with Crippen LogP contribution >= 0.6 is 0 Å². The second kappa shape index (κ2) is 7.47. The van der Waals surface area contributed by atoms with E-state index in [1.165, 1.54) is 6.08 Å². The Hall–Kier alpha value is -2.31. The van der Waals surface area contributed by atoms with E-state index in [-0.39, 0.29) is 13.0 Å². The van der Waals surface area contributed by atoms with Crippen molar-refractivity contribution in [2.24, 2.45) is 0 Å². The van der Waals surface area contributed by atoms with Crippen molar-refractivity contribution in [1.29, 1.82) is 0 Å². The van der Waals surface area contributed by atoms with E-state index < -0.39 is 24.0 Å². The van der Waals surface area contributed by atoms with E-state index >= 15 is 0 Å². The van der Waals surface area contributed by atoms with Crippen LogP contribution in [0.3, 0.4) is 0 Å². The maximum atomic E-state index is 12.3. The first-order valence-electron chi connectivity index (χ1n) is 6.15. The van der Waals surface area contributed by atoms with Gasteiger partial charge in [-0.2, -0.15) is 13.2 Å². The highest BCUT2D eigenvalue weighted by Gasteiger charge is 2.40. The summed E-state index contributed by atoms with van der Waals surface area (Å²) in [7, 11) is 0. The minimum Gasteiger partial charge on any atom is -0.353 e. The van der Waals surface area contributed by atoms with Crippen LogP contribution in [0.1, 0.15) is 18.0 Å². The molecule has 0 heterocycles. The molecule has 0 aliphatic carbocycles. The molecule has 114 valence electrons. The van der Waals surface area contributed by atoms with Crippen LogP contribution in [0, 0.1) is 0 Å². The summed E-state index contributed by atoms with van der Waals surface area (Å²) in [4.78, 5) is 22.7. The maximum Gasteiger partial charge on any atom is 0.471 e. The molecule has 0 aliphatic rings. The van der Waals surface area contributed by atoms with E-state index in [2.05, 4.69) is 11.9 Å². The first-order chi connectivity index (χ1) is 9.84. The second-order valence-electron chi connectivity index (χ2n) is 4.23. The van der Waals surface area contributed by atoms with Gasteiger partial charge < -0.3 is 10.6 Å². The Balaban J connectivity index is 2.83. The lowest BCUT2D eigenvalue weighted by Crippen LogP contribution is -2.41. The first-order valence-corrected chi connectivity index (χ1v) is 6.15. The summed E-state index contributed by atoms with van der Waals surface area (Å²) in [6, 6.07) is 6.95. The molecule has 1 atom stereocenters. The summed E-state index contributed by atoms with van der Waals surface area (Å²) in [6.45, 7) is 3.62. The van der Waals surface area contributed by atoms with Crippen LogP contribution in [0.5, 0.6) is 0 Å². The molecule has 0 bridgehead atoms. The molecule has 1 rings (SSSR count). The smallest absolute Gasteiger partial charge is 0.353 e. The van der Waals surface area contributed by atoms with Crippen molar-refractivity contribution in [2.45, 2.75) is 18.6 Å². The van der Waals surface area contributed by atoms with Gasteiger partial charge in [0.2, 0.25) is 5.91 Å². The predicted octanol–water partition coefficient (Wildman–Crippen LogP) is 2.10. The van der Waals surface area contributed by atoms with E-state index in [9.17, 15) is 22.8 Å². The summed E-state index contributed by atoms with van der Waals surface area (Å²) in [5, 5.41) is 4.28. The lowest BCUT2D eigenvalue weighted by molar-refractivity contribution is -0.174. The van der Waals surface area contributed by atoms with Gasteiger partial charge in [-0.1, -0.05) is 36.4 Å². The standard InChI is InChI=1S/C14H15F3N2O2/c1-2-8-18-12(20)9-11(10-6-4-3-5-7-10)19-13(21)14(15,16)17/h2-7,11H,1,8-9H2,(H,18,20)(H,19,21)/t11-/m1/s1. The number of hydrogen-bond donors (Lipinski definition) is 2. The number of alkyl halides is 3. The number of carbonyl (C=O) groups is 2. The van der Waals surface area contributed by atoms with Gasteiger partial charge in [-0.05, 0) is 5.56 Å². The Morgan fingerprint density at radius 3 is 2.38 bits per heavy atom. The molecule has 1 aromatic carbocycles. The Labute approximate surface area is 120 Å². The fourth-order valence-corrected chi connectivity index (χ4v) is 1.62. The molecule has 0 spiro atoms. The average molecular weight is 300 g/mol. The summed E-state index contributed by atoms with van der Waals surface area (Å²) in [6.07, 6.45) is -3.84. The quantitative estimate of drug-likeness (QED) is 0.790. The molecule has 21 heavy (non-hydrogen) atoms. The van der Waals surface area contributed by atoms with Crippen LogP contribution in [0.25, 0.3) is 0 Å². The van der Waals surface area contributed by atoms with E-state index in [1.807, 2.05) is 5.32 Å². The Morgan fingerprint density at radius 2 is 1.86 bits per heavy atom. The molecule has 0 radical (unpaired) electrons. The minimum absolute atomic E-state index is 0.202. The molecule has 0 aromatic heterocycles. The first kappa shape index (κ1) is 16.7. The maximum absolute atomic E-state index is 12.3. The zero-order chi connectivity index (χ0) is 15.9. The van der Waals surface area contributed by atoms with Gasteiger partial charge in [-0.15, -0.1) is 6.58 Å². The van der Waals surface area contributed by atoms with Gasteiger partial charge in [-0.3, -0.25) is 9.59 Å². The molecule has 1 aromatic rings. The zero-order valence-electron chi connectivity index (χ0n) is 11.1. The van der Waals surface area contributed by atoms with Gasteiger partial charge in [-0.25, -0.2) is 0 Å². The minimum atomic E-state index is -5.00. The van der Waals surface area contributed by atoms with E-state index in [1.54, 1.807) is 30.3 Å². The molecule has 0 aliphatic heterocycles. The van der Waals surface area contributed by atoms with Crippen LogP contribution < -0.4 is 10.6 Å². The van der Waals surface area contributed by atoms with E-state index in [0.29, 0.717) is 5.56 Å². The molecule has 7 heteroatoms. The molecule has 2 amide bonds. The Kier molecular flexibility index (Phi) is 5.95. The molecular weight excluding hydrogens is 285 g/mol. The zero-order valence-corrected chi connectivity index (χ0v) is 11.1. The lowest BCUT2D eigenvalue weighted by Gasteiger charge is -2.19. The van der Waals surface area contributed by atoms with Crippen molar-refractivity contribution >= 4 is 11.8 Å². The number of rotatable bonds is 6. The predicted molar refractivity (Wildman–Crippen MR) is 71.2 cm³/mol. The summed E-state index contributed by atoms with van der Waals surface area (Å²) in [5.41, 5.74) is 0.420. The average Bonchev–Trinajstić information content (AvgIpc) is 2.44. The second-order valence-corrected chi connectivity index (χ2v) is 4.23. The van der Waals surface area contributed by atoms with Gasteiger partial charge in [0.25, 0.3) is 0 Å². The topological polar surface area (TPSA) is 58.2 Å². The number of amides is 2. The van der Waals surface area contributed by atoms with Crippen LogP contribution in [0.2, 0.25) is 0 Å². The van der Waals surface area contributed by atoms with Crippen molar-refractivity contribution in [2.75, 3.05) is 6.54 Å². The highest BCUT2D eigenvalue weighted by atomic mass is 19.4. The number of benzene rings is 1. The fourth-order valence-electron chi connectivity index (χ4n) is 1.62. The molecular formula is C14H15F3N2O2. The third-order valence-corrected chi connectivity index (χ3v) is 2.60. The van der Waals surface area contributed by atoms with Crippen molar-refractivity contribution in [3.8, 4) is 0 Å². The summed E-state index contributed by atoms with van der Waals surface area (Å²) >= 11 is 0. The number of carbonyl (C=O) groups excluding carboxylic acids is 2. The van der Waals surface area contributed by atoms with Gasteiger partial charge in [0.05, 0.1) is 12.5 Å². The van der Waals surface area contributed by atoms with Crippen LogP contribution in [-0.4, -0.2) is 24.5 Å². The van der Waals surface area contributed by atoms with E-state index in [4.69, 9.17) is 0 Å². The van der Waals surface area contributed by atoms with Crippen molar-refractivity contribution in [1.82, 2.24) is 10.6 Å². The SMILES string of the molecule is C=CCNC(=O)C[C@@H](NC(=O)C(F)(F)F)c1ccccc1. The number of nitrogens with one attached hydrogen (secondary N) is 2. The molecule has 4 nitrogen and oxygen atoms in total. The Bertz CT molecular complexity index is 501. The van der Waals surface area contributed by atoms with Gasteiger partial charge in [0.15, 0.2) is 0 Å². The van der Waals surface area contributed by atoms with Crippen LogP contribution in [-0.2, 0) is 9.59 Å². The summed E-state index contributed by atoms with van der Waals surface area (Å²) < 4.78 is 37.0. The highest BCUT2D eigenvalue weighted by molar-refractivity contribution is 5.83. The number of hydrogen-bond acceptors (Lipinski definition) is 2. The third-order valence-electron chi connectivity index (χ3n) is 2.60.